The maximum absolute atomic E-state index is 12.6. The van der Waals surface area contributed by atoms with Gasteiger partial charge in [-0.15, -0.1) is 0 Å². The standard InChI is InChI=1S/C17H20N2O4S/c1-13-4-10-16(11-5-13)24(21,22)19(3)14-6-8-15(9-7-14)23-12-17(20)18-2/h4-11H,12H2,1-3H3,(H,18,20). The van der Waals surface area contributed by atoms with Crippen molar-refractivity contribution in [2.45, 2.75) is 11.8 Å². The molecule has 0 unspecified atom stereocenters. The van der Waals surface area contributed by atoms with Gasteiger partial charge in [0.25, 0.3) is 15.9 Å². The van der Waals surface area contributed by atoms with Crippen molar-refractivity contribution in [2.24, 2.45) is 0 Å². The van der Waals surface area contributed by atoms with E-state index in [4.69, 9.17) is 4.74 Å². The van der Waals surface area contributed by atoms with E-state index in [0.717, 1.165) is 5.56 Å². The van der Waals surface area contributed by atoms with Crippen molar-refractivity contribution < 1.29 is 17.9 Å². The number of amides is 1. The van der Waals surface area contributed by atoms with Crippen molar-refractivity contribution in [3.63, 3.8) is 0 Å². The molecule has 1 amide bonds. The number of carbonyl (C=O) groups excluding carboxylic acids is 1. The lowest BCUT2D eigenvalue weighted by Crippen LogP contribution is -2.26. The van der Waals surface area contributed by atoms with E-state index in [-0.39, 0.29) is 17.4 Å². The molecule has 7 heteroatoms. The van der Waals surface area contributed by atoms with Crippen molar-refractivity contribution in [2.75, 3.05) is 25.0 Å². The Bertz CT molecular complexity index is 799. The molecule has 2 aromatic carbocycles. The summed E-state index contributed by atoms with van der Waals surface area (Å²) in [6.45, 7) is 1.81. The zero-order valence-corrected chi connectivity index (χ0v) is 14.6. The predicted octanol–water partition coefficient (Wildman–Crippen LogP) is 1.94. The molecule has 0 aromatic heterocycles. The second-order valence-corrected chi connectivity index (χ2v) is 7.21. The number of ether oxygens (including phenoxy) is 1. The number of aryl methyl sites for hydroxylation is 1. The van der Waals surface area contributed by atoms with Gasteiger partial charge < -0.3 is 10.1 Å². The highest BCUT2D eigenvalue weighted by atomic mass is 32.2. The van der Waals surface area contributed by atoms with Gasteiger partial charge in [-0.05, 0) is 43.3 Å². The number of nitrogens with one attached hydrogen (secondary N) is 1. The van der Waals surface area contributed by atoms with Gasteiger partial charge in [0, 0.05) is 14.1 Å². The summed E-state index contributed by atoms with van der Waals surface area (Å²) in [5.74, 6) is 0.252. The topological polar surface area (TPSA) is 75.7 Å². The molecule has 128 valence electrons. The van der Waals surface area contributed by atoms with Crippen molar-refractivity contribution in [1.82, 2.24) is 5.32 Å². The number of rotatable bonds is 6. The van der Waals surface area contributed by atoms with Gasteiger partial charge in [-0.25, -0.2) is 8.42 Å². The summed E-state index contributed by atoms with van der Waals surface area (Å²) < 4.78 is 31.8. The molecule has 0 saturated heterocycles. The van der Waals surface area contributed by atoms with Crippen molar-refractivity contribution in [3.8, 4) is 5.75 Å². The average molecular weight is 348 g/mol. The van der Waals surface area contributed by atoms with Crippen LogP contribution in [-0.4, -0.2) is 35.0 Å². The van der Waals surface area contributed by atoms with Crippen molar-refractivity contribution in [1.29, 1.82) is 0 Å². The Morgan fingerprint density at radius 2 is 1.67 bits per heavy atom. The van der Waals surface area contributed by atoms with Crippen LogP contribution in [0, 0.1) is 6.92 Å². The molecule has 0 atom stereocenters. The lowest BCUT2D eigenvalue weighted by atomic mass is 10.2. The minimum absolute atomic E-state index is 0.0899. The Hall–Kier alpha value is -2.54. The highest BCUT2D eigenvalue weighted by Gasteiger charge is 2.21. The molecule has 0 saturated carbocycles. The van der Waals surface area contributed by atoms with Crippen molar-refractivity contribution in [3.05, 3.63) is 54.1 Å². The van der Waals surface area contributed by atoms with E-state index in [9.17, 15) is 13.2 Å². The monoisotopic (exact) mass is 348 g/mol. The molecule has 2 rings (SSSR count). The maximum Gasteiger partial charge on any atom is 0.264 e. The van der Waals surface area contributed by atoms with Gasteiger partial charge in [-0.1, -0.05) is 17.7 Å². The Kier molecular flexibility index (Phi) is 5.46. The summed E-state index contributed by atoms with van der Waals surface area (Å²) in [6, 6.07) is 13.2. The lowest BCUT2D eigenvalue weighted by Gasteiger charge is -2.20. The quantitative estimate of drug-likeness (QED) is 0.866. The highest BCUT2D eigenvalue weighted by molar-refractivity contribution is 7.92. The highest BCUT2D eigenvalue weighted by Crippen LogP contribution is 2.24. The molecule has 0 bridgehead atoms. The molecule has 0 fully saturated rings. The van der Waals surface area contributed by atoms with Gasteiger partial charge in [0.2, 0.25) is 0 Å². The van der Waals surface area contributed by atoms with E-state index in [2.05, 4.69) is 5.32 Å². The number of carbonyl (C=O) groups is 1. The van der Waals surface area contributed by atoms with Gasteiger partial charge >= 0.3 is 0 Å². The Labute approximate surface area is 142 Å². The second-order valence-electron chi connectivity index (χ2n) is 5.24. The van der Waals surface area contributed by atoms with Crippen LogP contribution in [-0.2, 0) is 14.8 Å². The first-order valence-corrected chi connectivity index (χ1v) is 8.77. The van der Waals surface area contributed by atoms with E-state index < -0.39 is 10.0 Å². The number of benzene rings is 2. The van der Waals surface area contributed by atoms with Crippen molar-refractivity contribution >= 4 is 21.6 Å². The first-order valence-electron chi connectivity index (χ1n) is 7.33. The molecule has 1 N–H and O–H groups in total. The van der Waals surface area contributed by atoms with Crippen LogP contribution in [0.15, 0.2) is 53.4 Å². The van der Waals surface area contributed by atoms with E-state index in [1.807, 2.05) is 6.92 Å². The summed E-state index contributed by atoms with van der Waals surface area (Å²) in [7, 11) is -0.600. The number of hydrogen-bond donors (Lipinski definition) is 1. The minimum atomic E-state index is -3.62. The van der Waals surface area contributed by atoms with Gasteiger partial charge in [0.15, 0.2) is 6.61 Å². The minimum Gasteiger partial charge on any atom is -0.484 e. The number of hydrogen-bond acceptors (Lipinski definition) is 4. The number of anilines is 1. The fraction of sp³-hybridized carbons (Fsp3) is 0.235. The first kappa shape index (κ1) is 17.8. The van der Waals surface area contributed by atoms with Crippen LogP contribution in [0.2, 0.25) is 0 Å². The Morgan fingerprint density at radius 3 is 2.21 bits per heavy atom. The molecule has 6 nitrogen and oxygen atoms in total. The lowest BCUT2D eigenvalue weighted by molar-refractivity contribution is -0.122. The largest absolute Gasteiger partial charge is 0.484 e. The number of likely N-dealkylation sites (N-methyl/N-ethyl adjacent to an activating group) is 1. The zero-order valence-electron chi connectivity index (χ0n) is 13.8. The number of nitrogens with zero attached hydrogens (tertiary/aromatic N) is 1. The van der Waals surface area contributed by atoms with E-state index in [0.29, 0.717) is 11.4 Å². The van der Waals surface area contributed by atoms with Crippen LogP contribution in [0.1, 0.15) is 5.56 Å². The zero-order chi connectivity index (χ0) is 17.7. The molecule has 2 aromatic rings. The fourth-order valence-electron chi connectivity index (χ4n) is 1.98. The SMILES string of the molecule is CNC(=O)COc1ccc(N(C)S(=O)(=O)c2ccc(C)cc2)cc1. The summed E-state index contributed by atoms with van der Waals surface area (Å²) in [5, 5.41) is 2.46. The normalized spacial score (nSPS) is 11.0. The van der Waals surface area contributed by atoms with Crippen LogP contribution in [0.25, 0.3) is 0 Å². The first-order chi connectivity index (χ1) is 11.3. The molecule has 24 heavy (non-hydrogen) atoms. The molecule has 0 heterocycles. The van der Waals surface area contributed by atoms with Crippen LogP contribution in [0.5, 0.6) is 5.75 Å². The van der Waals surface area contributed by atoms with Gasteiger partial charge in [-0.3, -0.25) is 9.10 Å². The van der Waals surface area contributed by atoms with E-state index in [1.54, 1.807) is 48.5 Å². The van der Waals surface area contributed by atoms with E-state index in [1.165, 1.54) is 18.4 Å². The summed E-state index contributed by atoms with van der Waals surface area (Å²) in [6.07, 6.45) is 0. The molecule has 0 radical (unpaired) electrons. The van der Waals surface area contributed by atoms with Gasteiger partial charge in [-0.2, -0.15) is 0 Å². The average Bonchev–Trinajstić information content (AvgIpc) is 2.59. The third-order valence-corrected chi connectivity index (χ3v) is 5.33. The van der Waals surface area contributed by atoms with Crippen LogP contribution >= 0.6 is 0 Å². The molecule has 0 aliphatic carbocycles. The molecule has 0 aliphatic heterocycles. The maximum atomic E-state index is 12.6. The van der Waals surface area contributed by atoms with Gasteiger partial charge in [0.05, 0.1) is 10.6 Å². The molecular weight excluding hydrogens is 328 g/mol. The summed E-state index contributed by atoms with van der Waals surface area (Å²) >= 11 is 0. The fourth-order valence-corrected chi connectivity index (χ4v) is 3.18. The second kappa shape index (κ2) is 7.35. The third kappa shape index (κ3) is 4.05. The van der Waals surface area contributed by atoms with Crippen LogP contribution in [0.3, 0.4) is 0 Å². The van der Waals surface area contributed by atoms with Crippen LogP contribution in [0.4, 0.5) is 5.69 Å². The van der Waals surface area contributed by atoms with E-state index >= 15 is 0 Å². The Morgan fingerprint density at radius 1 is 1.08 bits per heavy atom. The predicted molar refractivity (Wildman–Crippen MR) is 92.8 cm³/mol. The molecule has 0 spiro atoms. The van der Waals surface area contributed by atoms with Gasteiger partial charge in [0.1, 0.15) is 5.75 Å². The molecular formula is C17H20N2O4S. The number of sulfonamides is 1. The van der Waals surface area contributed by atoms with Crippen LogP contribution < -0.4 is 14.4 Å². The summed E-state index contributed by atoms with van der Waals surface area (Å²) in [5.41, 5.74) is 1.50. The summed E-state index contributed by atoms with van der Waals surface area (Å²) in [4.78, 5) is 11.4. The Balaban J connectivity index is 2.15. The third-order valence-electron chi connectivity index (χ3n) is 3.53. The molecule has 0 aliphatic rings. The smallest absolute Gasteiger partial charge is 0.264 e.